The van der Waals surface area contributed by atoms with Crippen LogP contribution in [-0.2, 0) is 4.79 Å². The number of pyridine rings is 1. The fraction of sp³-hybridized carbons (Fsp3) is 0.208. The monoisotopic (exact) mass is 524 g/mol. The van der Waals surface area contributed by atoms with E-state index in [1.165, 1.54) is 53.5 Å². The molecule has 4 rings (SSSR count). The van der Waals surface area contributed by atoms with Crippen LogP contribution in [0.1, 0.15) is 17.2 Å². The molecule has 0 saturated heterocycles. The number of aromatic nitrogens is 1. The van der Waals surface area contributed by atoms with Crippen LogP contribution in [0.25, 0.3) is 0 Å². The number of rotatable bonds is 8. The summed E-state index contributed by atoms with van der Waals surface area (Å²) in [7, 11) is 0. The average molecular weight is 524 g/mol. The van der Waals surface area contributed by atoms with Crippen LogP contribution in [0.4, 0.5) is 32.0 Å². The standard InChI is InChI=1S/C24H18F6N4O3/c25-15-3-1-14(2-4-15)22-19(20-10-9-18(11-31-20)36-23(26)27)12-34(33-22)13-21(35)32-16-5-7-17(8-6-16)37-24(28,29)30/h1-11,19,23H,12-13H2,(H,32,35). The van der Waals surface area contributed by atoms with Crippen molar-refractivity contribution < 1.29 is 40.6 Å². The lowest BCUT2D eigenvalue weighted by Gasteiger charge is -2.16. The zero-order valence-corrected chi connectivity index (χ0v) is 18.8. The fourth-order valence-electron chi connectivity index (χ4n) is 3.65. The molecule has 0 spiro atoms. The van der Waals surface area contributed by atoms with Crippen LogP contribution < -0.4 is 14.8 Å². The van der Waals surface area contributed by atoms with E-state index in [4.69, 9.17) is 0 Å². The highest BCUT2D eigenvalue weighted by Gasteiger charge is 2.32. The van der Waals surface area contributed by atoms with Crippen molar-refractivity contribution in [3.63, 3.8) is 0 Å². The molecule has 0 saturated carbocycles. The van der Waals surface area contributed by atoms with E-state index >= 15 is 0 Å². The summed E-state index contributed by atoms with van der Waals surface area (Å²) in [5, 5.41) is 8.49. The lowest BCUT2D eigenvalue weighted by atomic mass is 9.94. The van der Waals surface area contributed by atoms with Crippen LogP contribution >= 0.6 is 0 Å². The number of benzene rings is 2. The molecule has 1 aromatic heterocycles. The quantitative estimate of drug-likeness (QED) is 0.412. The van der Waals surface area contributed by atoms with Crippen molar-refractivity contribution in [3.05, 3.63) is 83.9 Å². The van der Waals surface area contributed by atoms with Gasteiger partial charge in [-0.25, -0.2) is 4.39 Å². The van der Waals surface area contributed by atoms with Gasteiger partial charge in [-0.15, -0.1) is 13.2 Å². The Hall–Kier alpha value is -4.29. The highest BCUT2D eigenvalue weighted by Crippen LogP contribution is 2.29. The topological polar surface area (TPSA) is 76.1 Å². The van der Waals surface area contributed by atoms with Gasteiger partial charge >= 0.3 is 13.0 Å². The minimum absolute atomic E-state index is 0.125. The van der Waals surface area contributed by atoms with Crippen LogP contribution in [0.2, 0.25) is 0 Å². The second-order valence-electron chi connectivity index (χ2n) is 7.81. The molecule has 194 valence electrons. The molecule has 0 bridgehead atoms. The third kappa shape index (κ3) is 7.12. The molecule has 1 unspecified atom stereocenters. The van der Waals surface area contributed by atoms with Gasteiger partial charge in [-0.3, -0.25) is 14.8 Å². The molecule has 7 nitrogen and oxygen atoms in total. The van der Waals surface area contributed by atoms with Crippen molar-refractivity contribution in [2.75, 3.05) is 18.4 Å². The maximum atomic E-state index is 13.4. The third-order valence-corrected chi connectivity index (χ3v) is 5.15. The van der Waals surface area contributed by atoms with E-state index < -0.39 is 36.4 Å². The van der Waals surface area contributed by atoms with Crippen molar-refractivity contribution in [2.24, 2.45) is 5.10 Å². The van der Waals surface area contributed by atoms with Gasteiger partial charge in [0.2, 0.25) is 5.91 Å². The first-order chi connectivity index (χ1) is 17.6. The summed E-state index contributed by atoms with van der Waals surface area (Å²) >= 11 is 0. The van der Waals surface area contributed by atoms with Gasteiger partial charge < -0.3 is 14.8 Å². The molecule has 0 fully saturated rings. The van der Waals surface area contributed by atoms with Gasteiger partial charge in [-0.05, 0) is 54.1 Å². The van der Waals surface area contributed by atoms with E-state index in [-0.39, 0.29) is 24.5 Å². The fourth-order valence-corrected chi connectivity index (χ4v) is 3.65. The lowest BCUT2D eigenvalue weighted by Crippen LogP contribution is -2.29. The Morgan fingerprint density at radius 2 is 1.70 bits per heavy atom. The molecule has 2 heterocycles. The number of amides is 1. The van der Waals surface area contributed by atoms with Crippen LogP contribution in [0.5, 0.6) is 11.5 Å². The van der Waals surface area contributed by atoms with E-state index in [2.05, 4.69) is 24.9 Å². The number of nitrogens with zero attached hydrogens (tertiary/aromatic N) is 3. The third-order valence-electron chi connectivity index (χ3n) is 5.15. The molecule has 1 amide bonds. The maximum absolute atomic E-state index is 13.4. The van der Waals surface area contributed by atoms with Crippen LogP contribution in [0, 0.1) is 5.82 Å². The first-order valence-corrected chi connectivity index (χ1v) is 10.7. The number of nitrogens with one attached hydrogen (secondary N) is 1. The first kappa shape index (κ1) is 25.8. The first-order valence-electron chi connectivity index (χ1n) is 10.7. The van der Waals surface area contributed by atoms with Crippen LogP contribution in [0.15, 0.2) is 72.0 Å². The minimum Gasteiger partial charge on any atom is -0.433 e. The van der Waals surface area contributed by atoms with Crippen molar-refractivity contribution in [1.82, 2.24) is 9.99 Å². The molecule has 2 aromatic carbocycles. The van der Waals surface area contributed by atoms with Crippen molar-refractivity contribution in [3.8, 4) is 11.5 Å². The number of carbonyl (C=O) groups is 1. The van der Waals surface area contributed by atoms with Gasteiger partial charge in [-0.2, -0.15) is 13.9 Å². The Morgan fingerprint density at radius 3 is 2.30 bits per heavy atom. The van der Waals surface area contributed by atoms with Crippen molar-refractivity contribution in [1.29, 1.82) is 0 Å². The maximum Gasteiger partial charge on any atom is 0.573 e. The zero-order chi connectivity index (χ0) is 26.6. The molecule has 3 aromatic rings. The molecule has 13 heteroatoms. The number of hydrazone groups is 1. The normalized spacial score (nSPS) is 15.5. The van der Waals surface area contributed by atoms with Crippen LogP contribution in [0.3, 0.4) is 0 Å². The molecular formula is C24H18F6N4O3. The number of hydrogen-bond donors (Lipinski definition) is 1. The summed E-state index contributed by atoms with van der Waals surface area (Å²) < 4.78 is 83.4. The van der Waals surface area contributed by atoms with Gasteiger partial charge in [-0.1, -0.05) is 12.1 Å². The van der Waals surface area contributed by atoms with Crippen molar-refractivity contribution in [2.45, 2.75) is 18.9 Å². The van der Waals surface area contributed by atoms with Crippen molar-refractivity contribution >= 4 is 17.3 Å². The number of ether oxygens (including phenoxy) is 2. The van der Waals surface area contributed by atoms with E-state index in [0.29, 0.717) is 17.0 Å². The van der Waals surface area contributed by atoms with E-state index in [9.17, 15) is 31.1 Å². The summed E-state index contributed by atoms with van der Waals surface area (Å²) in [6.07, 6.45) is -3.69. The highest BCUT2D eigenvalue weighted by molar-refractivity contribution is 6.06. The number of carbonyl (C=O) groups excluding carboxylic acids is 1. The van der Waals surface area contributed by atoms with Gasteiger partial charge in [0.05, 0.1) is 30.1 Å². The predicted octanol–water partition coefficient (Wildman–Crippen LogP) is 5.16. The molecule has 0 radical (unpaired) electrons. The second kappa shape index (κ2) is 10.8. The number of alkyl halides is 5. The predicted molar refractivity (Wildman–Crippen MR) is 120 cm³/mol. The summed E-state index contributed by atoms with van der Waals surface area (Å²) in [5.74, 6) is -1.98. The number of anilines is 1. The van der Waals surface area contributed by atoms with Crippen LogP contribution in [-0.4, -0.2) is 47.7 Å². The molecule has 1 aliphatic rings. The summed E-state index contributed by atoms with van der Waals surface area (Å²) in [5.41, 5.74) is 1.77. The number of halogens is 6. The summed E-state index contributed by atoms with van der Waals surface area (Å²) in [6.45, 7) is -3.02. The Bertz CT molecular complexity index is 1250. The zero-order valence-electron chi connectivity index (χ0n) is 18.8. The van der Waals surface area contributed by atoms with Gasteiger partial charge in [0.1, 0.15) is 23.9 Å². The SMILES string of the molecule is O=C(CN1CC(c2ccc(OC(F)F)cn2)C(c2ccc(F)cc2)=N1)Nc1ccc(OC(F)(F)F)cc1. The van der Waals surface area contributed by atoms with Gasteiger partial charge in [0.15, 0.2) is 0 Å². The Labute approximate surface area is 206 Å². The number of hydrogen-bond acceptors (Lipinski definition) is 6. The van der Waals surface area contributed by atoms with E-state index in [1.807, 2.05) is 0 Å². The smallest absolute Gasteiger partial charge is 0.433 e. The average Bonchev–Trinajstić information content (AvgIpc) is 3.23. The molecule has 1 N–H and O–H groups in total. The summed E-state index contributed by atoms with van der Waals surface area (Å²) in [4.78, 5) is 16.8. The Kier molecular flexibility index (Phi) is 7.50. The minimum atomic E-state index is -4.83. The van der Waals surface area contributed by atoms with Gasteiger partial charge in [0, 0.05) is 5.69 Å². The molecule has 1 atom stereocenters. The van der Waals surface area contributed by atoms with Gasteiger partial charge in [0.25, 0.3) is 0 Å². The van der Waals surface area contributed by atoms with E-state index in [0.717, 1.165) is 18.3 Å². The highest BCUT2D eigenvalue weighted by atomic mass is 19.4. The second-order valence-corrected chi connectivity index (χ2v) is 7.81. The molecule has 1 aliphatic heterocycles. The Balaban J connectivity index is 1.47. The molecule has 0 aliphatic carbocycles. The lowest BCUT2D eigenvalue weighted by molar-refractivity contribution is -0.274. The molecular weight excluding hydrogens is 506 g/mol. The Morgan fingerprint density at radius 1 is 1.03 bits per heavy atom. The molecule has 37 heavy (non-hydrogen) atoms. The summed E-state index contributed by atoms with van der Waals surface area (Å²) in [6, 6.07) is 13.0. The largest absolute Gasteiger partial charge is 0.573 e. The van der Waals surface area contributed by atoms with E-state index in [1.54, 1.807) is 0 Å².